The van der Waals surface area contributed by atoms with Gasteiger partial charge in [-0.15, -0.1) is 0 Å². The Bertz CT molecular complexity index is 2010. The molecule has 3 aliphatic heterocycles. The second-order valence-electron chi connectivity index (χ2n) is 23.3. The van der Waals surface area contributed by atoms with Crippen LogP contribution in [0.1, 0.15) is 168 Å². The molecule has 28 nitrogen and oxygen atoms in total. The second-order valence-corrected chi connectivity index (χ2v) is 24.7. The number of carbonyl (C=O) groups is 2. The van der Waals surface area contributed by atoms with Crippen LogP contribution in [0.5, 0.6) is 0 Å². The maximum absolute atomic E-state index is 14.2. The highest BCUT2D eigenvalue weighted by molar-refractivity contribution is 7.47. The van der Waals surface area contributed by atoms with Gasteiger partial charge in [0.1, 0.15) is 116 Å². The first-order valence-electron chi connectivity index (χ1n) is 31.7. The fraction of sp³-hybridized carbons (Fsp3) is 0.898. The van der Waals surface area contributed by atoms with Gasteiger partial charge in [-0.1, -0.05) is 141 Å². The van der Waals surface area contributed by atoms with E-state index in [1.807, 2.05) is 0 Å². The van der Waals surface area contributed by atoms with Gasteiger partial charge in [0.05, 0.1) is 26.4 Å². The van der Waals surface area contributed by atoms with Crippen molar-refractivity contribution in [2.45, 2.75) is 303 Å². The van der Waals surface area contributed by atoms with Crippen LogP contribution in [0.4, 0.5) is 0 Å². The molecule has 4 aliphatic rings. The molecule has 0 spiro atoms. The summed E-state index contributed by atoms with van der Waals surface area (Å²) in [7, 11) is -5.75. The molecule has 29 heteroatoms. The van der Waals surface area contributed by atoms with Crippen LogP contribution in [-0.2, 0) is 61.1 Å². The van der Waals surface area contributed by atoms with Crippen molar-refractivity contribution in [2.75, 3.05) is 33.0 Å². The zero-order valence-electron chi connectivity index (χ0n) is 51.0. The number of hydrogen-bond donors (Lipinski definition) is 15. The summed E-state index contributed by atoms with van der Waals surface area (Å²) >= 11 is 0. The summed E-state index contributed by atoms with van der Waals surface area (Å²) in [5.74, 6) is -1.42. The van der Waals surface area contributed by atoms with E-state index in [1.165, 1.54) is 44.9 Å². The zero-order valence-corrected chi connectivity index (χ0v) is 51.9. The van der Waals surface area contributed by atoms with Crippen molar-refractivity contribution in [1.82, 2.24) is 0 Å². The molecule has 10 unspecified atom stereocenters. The van der Waals surface area contributed by atoms with E-state index < -0.39 is 188 Å². The molecule has 514 valence electrons. The van der Waals surface area contributed by atoms with E-state index in [9.17, 15) is 90.5 Å². The molecule has 15 N–H and O–H groups in total. The fourth-order valence-corrected chi connectivity index (χ4v) is 11.6. The maximum atomic E-state index is 14.2. The highest BCUT2D eigenvalue weighted by Gasteiger charge is 2.58. The minimum atomic E-state index is -5.75. The topological polar surface area (TPSA) is 447 Å². The number of unbranched alkanes of at least 4 members (excludes halogenated alkanes) is 18. The number of hydrogen-bond acceptors (Lipinski definition) is 27. The summed E-state index contributed by atoms with van der Waals surface area (Å²) in [4.78, 5) is 37.8. The molecule has 1 aliphatic carbocycles. The zero-order chi connectivity index (χ0) is 64.8. The van der Waals surface area contributed by atoms with Crippen molar-refractivity contribution < 1.29 is 137 Å². The van der Waals surface area contributed by atoms with Crippen molar-refractivity contribution in [3.8, 4) is 0 Å². The third-order valence-electron chi connectivity index (χ3n) is 16.1. The maximum Gasteiger partial charge on any atom is 0.472 e. The number of aliphatic hydroxyl groups is 14. The van der Waals surface area contributed by atoms with Gasteiger partial charge in [0.15, 0.2) is 25.0 Å². The standard InChI is InChI=1S/C59H105O28P/c1-3-5-7-9-11-13-15-17-19-21-23-25-27-29-40(62)78-33-36(81-41(63)30-28-26-24-22-20-18-16-14-12-10-8-6-4-2)34-80-88(76,77)87-56-54(85-58-52(74)46(68)43(65)38(32-61)83-58)49(71)48(70)50(72)55(56)86-59-53(75)47(69)44(66)39(84-59)35-79-57-51(73)45(67)42(64)37(31-60)82-57/h8,10,14,16,36-39,42-61,64-75H,3-7,9,11-13,15,17-35H2,1-2H3,(H,76,77)/b10-8-,16-14-/t36-,37?,38?,39?,42+,43-,44+,45?,46?,47?,48+,49?,50?,51+,52-,53+,54-,55?,56+,57-,58-,59+/m1/s1. The van der Waals surface area contributed by atoms with E-state index in [4.69, 9.17) is 46.9 Å². The van der Waals surface area contributed by atoms with Crippen LogP contribution in [-0.4, -0.2) is 256 Å². The molecule has 0 bridgehead atoms. The van der Waals surface area contributed by atoms with Gasteiger partial charge < -0.3 is 114 Å². The lowest BCUT2D eigenvalue weighted by Gasteiger charge is -2.49. The largest absolute Gasteiger partial charge is 0.472 e. The van der Waals surface area contributed by atoms with E-state index >= 15 is 0 Å². The summed E-state index contributed by atoms with van der Waals surface area (Å²) in [5.41, 5.74) is 0. The van der Waals surface area contributed by atoms with Gasteiger partial charge in [0.2, 0.25) is 0 Å². The SMILES string of the molecule is CCC/C=C\C/C=C\CCCCCCCC(=O)O[C@H](COC(=O)CCCCCCCCCCCCCCC)COP(=O)(O)O[C@@H]1C(O[C@@H]2OC(CO[C@@H]3OC(CO)[C@H](O)C(O)[C@@H]3O)[C@H](O)C(O)[C@@H]2O)C(O)[C@@H](O)C(O)[C@H]1O[C@H]1OC(CO)[C@@H](O)C(O)[C@H]1O. The second kappa shape index (κ2) is 42.1. The highest BCUT2D eigenvalue weighted by Crippen LogP contribution is 2.49. The van der Waals surface area contributed by atoms with E-state index in [-0.39, 0.29) is 12.8 Å². The first-order valence-corrected chi connectivity index (χ1v) is 33.2. The monoisotopic (exact) mass is 1290 g/mol. The van der Waals surface area contributed by atoms with Gasteiger partial charge >= 0.3 is 19.8 Å². The predicted molar refractivity (Wildman–Crippen MR) is 310 cm³/mol. The van der Waals surface area contributed by atoms with Gasteiger partial charge in [0.25, 0.3) is 0 Å². The summed E-state index contributed by atoms with van der Waals surface area (Å²) in [6, 6.07) is 0. The molecule has 0 aromatic heterocycles. The Balaban J connectivity index is 1.50. The molecule has 88 heavy (non-hydrogen) atoms. The number of allylic oxidation sites excluding steroid dienone is 4. The van der Waals surface area contributed by atoms with Gasteiger partial charge in [0, 0.05) is 12.8 Å². The first kappa shape index (κ1) is 78.2. The Labute approximate surface area is 515 Å². The summed E-state index contributed by atoms with van der Waals surface area (Å²) in [5, 5.41) is 150. The Kier molecular flexibility index (Phi) is 37.4. The van der Waals surface area contributed by atoms with Gasteiger partial charge in [-0.2, -0.15) is 0 Å². The Hall–Kier alpha value is -2.27. The molecular weight excluding hydrogens is 1190 g/mol. The van der Waals surface area contributed by atoms with Crippen molar-refractivity contribution in [1.29, 1.82) is 0 Å². The van der Waals surface area contributed by atoms with E-state index in [1.54, 1.807) is 0 Å². The molecule has 0 radical (unpaired) electrons. The molecule has 0 aromatic rings. The smallest absolute Gasteiger partial charge is 0.462 e. The summed E-state index contributed by atoms with van der Waals surface area (Å²) < 4.78 is 69.7. The molecule has 3 saturated heterocycles. The molecule has 1 saturated carbocycles. The predicted octanol–water partition coefficient (Wildman–Crippen LogP) is 0.749. The Morgan fingerprint density at radius 2 is 0.875 bits per heavy atom. The van der Waals surface area contributed by atoms with Crippen LogP contribution in [0.2, 0.25) is 0 Å². The van der Waals surface area contributed by atoms with Gasteiger partial charge in [-0.3, -0.25) is 18.6 Å². The van der Waals surface area contributed by atoms with Crippen LogP contribution in [0.25, 0.3) is 0 Å². The third kappa shape index (κ3) is 25.9. The van der Waals surface area contributed by atoms with Crippen molar-refractivity contribution >= 4 is 19.8 Å². The lowest BCUT2D eigenvalue weighted by atomic mass is 9.84. The van der Waals surface area contributed by atoms with Gasteiger partial charge in [-0.25, -0.2) is 4.57 Å². The van der Waals surface area contributed by atoms with Crippen molar-refractivity contribution in [2.24, 2.45) is 0 Å². The normalized spacial score (nSPS) is 34.9. The average molecular weight is 1290 g/mol. The quantitative estimate of drug-likeness (QED) is 0.0173. The lowest BCUT2D eigenvalue weighted by Crippen LogP contribution is -2.69. The number of carbonyl (C=O) groups excluding carboxylic acids is 2. The number of aliphatic hydroxyl groups excluding tert-OH is 14. The van der Waals surface area contributed by atoms with Crippen LogP contribution in [0.15, 0.2) is 24.3 Å². The first-order chi connectivity index (χ1) is 42.1. The number of phosphoric ester groups is 1. The molecule has 3 heterocycles. The molecule has 4 fully saturated rings. The number of rotatable bonds is 43. The van der Waals surface area contributed by atoms with Gasteiger partial charge in [-0.05, 0) is 38.5 Å². The van der Waals surface area contributed by atoms with E-state index in [2.05, 4.69) is 38.2 Å². The van der Waals surface area contributed by atoms with E-state index in [0.717, 1.165) is 77.0 Å². The number of ether oxygens (including phenoxy) is 8. The van der Waals surface area contributed by atoms with Crippen molar-refractivity contribution in [3.05, 3.63) is 24.3 Å². The Morgan fingerprint density at radius 3 is 1.38 bits per heavy atom. The highest BCUT2D eigenvalue weighted by atomic mass is 31.2. The van der Waals surface area contributed by atoms with E-state index in [0.29, 0.717) is 19.3 Å². The molecular formula is C59H105O28P. The van der Waals surface area contributed by atoms with Crippen LogP contribution < -0.4 is 0 Å². The molecule has 4 rings (SSSR count). The minimum absolute atomic E-state index is 0.0174. The lowest BCUT2D eigenvalue weighted by molar-refractivity contribution is -0.364. The average Bonchev–Trinajstić information content (AvgIpc) is 0.853. The third-order valence-corrected chi connectivity index (χ3v) is 17.1. The summed E-state index contributed by atoms with van der Waals surface area (Å²) in [6.45, 7) is -0.0406. The number of phosphoric acid groups is 1. The van der Waals surface area contributed by atoms with Crippen molar-refractivity contribution in [3.63, 3.8) is 0 Å². The summed E-state index contributed by atoms with van der Waals surface area (Å²) in [6.07, 6.45) is -15.2. The van der Waals surface area contributed by atoms with Crippen LogP contribution >= 0.6 is 7.82 Å². The number of esters is 2. The molecule has 23 atom stereocenters. The minimum Gasteiger partial charge on any atom is -0.462 e. The molecule has 0 aromatic carbocycles. The van der Waals surface area contributed by atoms with Crippen LogP contribution in [0, 0.1) is 0 Å². The fourth-order valence-electron chi connectivity index (χ4n) is 10.7. The molecule has 0 amide bonds. The van der Waals surface area contributed by atoms with Crippen LogP contribution in [0.3, 0.4) is 0 Å². The Morgan fingerprint density at radius 1 is 0.455 bits per heavy atom.